The standard InChI is InChI=1S/C15H30N2O/c1-5-7-13(8-6-2)14(18)17-11-9-15(3,16-4)10-12-17/h13,16H,5-12H2,1-4H3. The van der Waals surface area contributed by atoms with Gasteiger partial charge >= 0.3 is 0 Å². The van der Waals surface area contributed by atoms with Gasteiger partial charge in [0.2, 0.25) is 5.91 Å². The molecular formula is C15H30N2O. The number of hydrogen-bond acceptors (Lipinski definition) is 2. The molecule has 0 aliphatic carbocycles. The third kappa shape index (κ3) is 3.98. The minimum atomic E-state index is 0.224. The van der Waals surface area contributed by atoms with E-state index in [-0.39, 0.29) is 11.5 Å². The van der Waals surface area contributed by atoms with Crippen LogP contribution in [0.2, 0.25) is 0 Å². The highest BCUT2D eigenvalue weighted by Crippen LogP contribution is 2.24. The van der Waals surface area contributed by atoms with Crippen molar-refractivity contribution in [3.05, 3.63) is 0 Å². The molecule has 1 aliphatic rings. The summed E-state index contributed by atoms with van der Waals surface area (Å²) in [5, 5.41) is 3.38. The predicted octanol–water partition coefficient (Wildman–Crippen LogP) is 2.80. The number of nitrogens with zero attached hydrogens (tertiary/aromatic N) is 1. The average molecular weight is 254 g/mol. The Morgan fingerprint density at radius 1 is 1.22 bits per heavy atom. The summed E-state index contributed by atoms with van der Waals surface area (Å²) < 4.78 is 0. The Hall–Kier alpha value is -0.570. The van der Waals surface area contributed by atoms with Gasteiger partial charge in [-0.05, 0) is 39.7 Å². The van der Waals surface area contributed by atoms with Crippen molar-refractivity contribution in [2.24, 2.45) is 5.92 Å². The number of likely N-dealkylation sites (tertiary alicyclic amines) is 1. The lowest BCUT2D eigenvalue weighted by atomic mass is 9.88. The number of nitrogens with one attached hydrogen (secondary N) is 1. The fraction of sp³-hybridized carbons (Fsp3) is 0.933. The van der Waals surface area contributed by atoms with E-state index in [1.807, 2.05) is 7.05 Å². The first-order valence-corrected chi connectivity index (χ1v) is 7.54. The number of carbonyl (C=O) groups excluding carboxylic acids is 1. The molecule has 1 rings (SSSR count). The minimum Gasteiger partial charge on any atom is -0.342 e. The summed E-state index contributed by atoms with van der Waals surface area (Å²) in [5.41, 5.74) is 0.224. The topological polar surface area (TPSA) is 32.3 Å². The fourth-order valence-electron chi connectivity index (χ4n) is 2.82. The van der Waals surface area contributed by atoms with Crippen LogP contribution < -0.4 is 5.32 Å². The largest absolute Gasteiger partial charge is 0.342 e. The highest BCUT2D eigenvalue weighted by atomic mass is 16.2. The lowest BCUT2D eigenvalue weighted by molar-refractivity contribution is -0.137. The summed E-state index contributed by atoms with van der Waals surface area (Å²) >= 11 is 0. The van der Waals surface area contributed by atoms with Crippen molar-refractivity contribution in [2.75, 3.05) is 20.1 Å². The summed E-state index contributed by atoms with van der Waals surface area (Å²) in [6, 6.07) is 0. The molecule has 1 amide bonds. The highest BCUT2D eigenvalue weighted by Gasteiger charge is 2.32. The van der Waals surface area contributed by atoms with Crippen LogP contribution in [0, 0.1) is 5.92 Å². The molecule has 0 saturated carbocycles. The molecule has 18 heavy (non-hydrogen) atoms. The Bertz CT molecular complexity index is 251. The zero-order valence-corrected chi connectivity index (χ0v) is 12.6. The van der Waals surface area contributed by atoms with Crippen molar-refractivity contribution >= 4 is 5.91 Å². The monoisotopic (exact) mass is 254 g/mol. The third-order valence-electron chi connectivity index (χ3n) is 4.41. The van der Waals surface area contributed by atoms with Gasteiger partial charge in [-0.3, -0.25) is 4.79 Å². The second kappa shape index (κ2) is 7.13. The van der Waals surface area contributed by atoms with E-state index in [0.717, 1.165) is 51.6 Å². The van der Waals surface area contributed by atoms with Crippen molar-refractivity contribution in [2.45, 2.75) is 64.8 Å². The van der Waals surface area contributed by atoms with E-state index < -0.39 is 0 Å². The molecule has 1 saturated heterocycles. The SMILES string of the molecule is CCCC(CCC)C(=O)N1CCC(C)(NC)CC1. The van der Waals surface area contributed by atoms with E-state index in [9.17, 15) is 4.79 Å². The quantitative estimate of drug-likeness (QED) is 0.790. The van der Waals surface area contributed by atoms with Gasteiger partial charge in [-0.15, -0.1) is 0 Å². The molecule has 0 aromatic carbocycles. The molecule has 3 heteroatoms. The zero-order valence-electron chi connectivity index (χ0n) is 12.6. The van der Waals surface area contributed by atoms with Crippen LogP contribution in [0.5, 0.6) is 0 Å². The first-order chi connectivity index (χ1) is 8.56. The van der Waals surface area contributed by atoms with Gasteiger partial charge in [0.25, 0.3) is 0 Å². The predicted molar refractivity (Wildman–Crippen MR) is 76.6 cm³/mol. The Labute approximate surface area is 112 Å². The van der Waals surface area contributed by atoms with Gasteiger partial charge in [0.1, 0.15) is 0 Å². The number of carbonyl (C=O) groups is 1. The molecule has 1 aliphatic heterocycles. The average Bonchev–Trinajstić information content (AvgIpc) is 2.39. The van der Waals surface area contributed by atoms with Crippen LogP contribution >= 0.6 is 0 Å². The first kappa shape index (κ1) is 15.5. The van der Waals surface area contributed by atoms with Crippen LogP contribution in [0.25, 0.3) is 0 Å². The summed E-state index contributed by atoms with van der Waals surface area (Å²) in [5.74, 6) is 0.663. The molecule has 1 N–H and O–H groups in total. The molecule has 106 valence electrons. The number of hydrogen-bond donors (Lipinski definition) is 1. The maximum absolute atomic E-state index is 12.5. The molecule has 3 nitrogen and oxygen atoms in total. The van der Waals surface area contributed by atoms with E-state index in [0.29, 0.717) is 5.91 Å². The van der Waals surface area contributed by atoms with Gasteiger partial charge in [-0.1, -0.05) is 26.7 Å². The lowest BCUT2D eigenvalue weighted by Gasteiger charge is -2.40. The van der Waals surface area contributed by atoms with Gasteiger partial charge in [-0.2, -0.15) is 0 Å². The molecule has 0 spiro atoms. The van der Waals surface area contributed by atoms with E-state index in [1.54, 1.807) is 0 Å². The molecule has 0 unspecified atom stereocenters. The smallest absolute Gasteiger partial charge is 0.225 e. The summed E-state index contributed by atoms with van der Waals surface area (Å²) in [6.45, 7) is 8.43. The Morgan fingerprint density at radius 2 is 1.72 bits per heavy atom. The van der Waals surface area contributed by atoms with Crippen LogP contribution in [0.1, 0.15) is 59.3 Å². The van der Waals surface area contributed by atoms with Gasteiger partial charge in [0.05, 0.1) is 0 Å². The van der Waals surface area contributed by atoms with E-state index >= 15 is 0 Å². The summed E-state index contributed by atoms with van der Waals surface area (Å²) in [4.78, 5) is 14.6. The van der Waals surface area contributed by atoms with Crippen LogP contribution in [-0.4, -0.2) is 36.5 Å². The van der Waals surface area contributed by atoms with Crippen LogP contribution in [-0.2, 0) is 4.79 Å². The Balaban J connectivity index is 2.52. The minimum absolute atomic E-state index is 0.224. The number of amides is 1. The summed E-state index contributed by atoms with van der Waals surface area (Å²) in [6.07, 6.45) is 6.45. The molecule has 0 atom stereocenters. The van der Waals surface area contributed by atoms with Gasteiger partial charge in [0, 0.05) is 24.5 Å². The maximum Gasteiger partial charge on any atom is 0.225 e. The maximum atomic E-state index is 12.5. The normalized spacial score (nSPS) is 19.3. The number of rotatable bonds is 6. The fourth-order valence-corrected chi connectivity index (χ4v) is 2.82. The molecule has 1 fully saturated rings. The Kier molecular flexibility index (Phi) is 6.13. The number of piperidine rings is 1. The summed E-state index contributed by atoms with van der Waals surface area (Å²) in [7, 11) is 2.02. The van der Waals surface area contributed by atoms with E-state index in [4.69, 9.17) is 0 Å². The van der Waals surface area contributed by atoms with Crippen LogP contribution in [0.3, 0.4) is 0 Å². The van der Waals surface area contributed by atoms with Gasteiger partial charge in [-0.25, -0.2) is 0 Å². The molecule has 0 radical (unpaired) electrons. The van der Waals surface area contributed by atoms with Crippen molar-refractivity contribution in [1.29, 1.82) is 0 Å². The molecule has 1 heterocycles. The third-order valence-corrected chi connectivity index (χ3v) is 4.41. The Morgan fingerprint density at radius 3 is 2.11 bits per heavy atom. The second-order valence-electron chi connectivity index (χ2n) is 5.91. The van der Waals surface area contributed by atoms with Crippen molar-refractivity contribution in [1.82, 2.24) is 10.2 Å². The molecule has 0 aromatic rings. The second-order valence-corrected chi connectivity index (χ2v) is 5.91. The van der Waals surface area contributed by atoms with Crippen LogP contribution in [0.15, 0.2) is 0 Å². The van der Waals surface area contributed by atoms with Crippen LogP contribution in [0.4, 0.5) is 0 Å². The first-order valence-electron chi connectivity index (χ1n) is 7.54. The van der Waals surface area contributed by atoms with Gasteiger partial charge in [0.15, 0.2) is 0 Å². The van der Waals surface area contributed by atoms with E-state index in [1.165, 1.54) is 0 Å². The lowest BCUT2D eigenvalue weighted by Crippen LogP contribution is -2.52. The zero-order chi connectivity index (χ0) is 13.6. The molecule has 0 aromatic heterocycles. The highest BCUT2D eigenvalue weighted by molar-refractivity contribution is 5.78. The van der Waals surface area contributed by atoms with E-state index in [2.05, 4.69) is 31.0 Å². The van der Waals surface area contributed by atoms with Crippen molar-refractivity contribution in [3.63, 3.8) is 0 Å². The molecule has 0 bridgehead atoms. The van der Waals surface area contributed by atoms with Crippen molar-refractivity contribution < 1.29 is 4.79 Å². The van der Waals surface area contributed by atoms with Crippen molar-refractivity contribution in [3.8, 4) is 0 Å². The molecular weight excluding hydrogens is 224 g/mol. The van der Waals surface area contributed by atoms with Gasteiger partial charge < -0.3 is 10.2 Å².